The molecular weight excluding hydrogens is 234 g/mol. The number of imidazole rings is 1. The van der Waals surface area contributed by atoms with Crippen molar-refractivity contribution < 1.29 is 0 Å². The maximum absolute atomic E-state index is 4.81. The summed E-state index contributed by atoms with van der Waals surface area (Å²) < 4.78 is 2.39. The molecule has 2 heterocycles. The molecule has 0 aliphatic heterocycles. The van der Waals surface area contributed by atoms with Crippen molar-refractivity contribution in [1.29, 1.82) is 0 Å². The average molecular weight is 249 g/mol. The van der Waals surface area contributed by atoms with E-state index in [1.165, 1.54) is 23.9 Å². The number of aryl methyl sites for hydroxylation is 1. The summed E-state index contributed by atoms with van der Waals surface area (Å²) in [6.07, 6.45) is 6.21. The number of nitrogens with zero attached hydrogens (tertiary/aromatic N) is 3. The van der Waals surface area contributed by atoms with E-state index >= 15 is 0 Å². The Bertz CT molecular complexity index is 739. The van der Waals surface area contributed by atoms with Gasteiger partial charge in [0.2, 0.25) is 0 Å². The Kier molecular flexibility index (Phi) is 2.21. The molecule has 94 valence electrons. The highest BCUT2D eigenvalue weighted by Crippen LogP contribution is 2.41. The second kappa shape index (κ2) is 3.92. The van der Waals surface area contributed by atoms with Crippen LogP contribution >= 0.6 is 0 Å². The summed E-state index contributed by atoms with van der Waals surface area (Å²) in [4.78, 5) is 9.02. The Balaban J connectivity index is 2.02. The summed E-state index contributed by atoms with van der Waals surface area (Å²) in [5, 5.41) is 0. The molecule has 2 aromatic heterocycles. The van der Waals surface area contributed by atoms with Gasteiger partial charge in [0.05, 0.1) is 11.0 Å². The van der Waals surface area contributed by atoms with Gasteiger partial charge in [-0.15, -0.1) is 0 Å². The van der Waals surface area contributed by atoms with Gasteiger partial charge in [-0.05, 0) is 49.6 Å². The maximum Gasteiger partial charge on any atom is 0.142 e. The van der Waals surface area contributed by atoms with E-state index in [4.69, 9.17) is 4.98 Å². The first-order chi connectivity index (χ1) is 9.33. The predicted molar refractivity (Wildman–Crippen MR) is 76.0 cm³/mol. The van der Waals surface area contributed by atoms with E-state index in [1.807, 2.05) is 12.3 Å². The summed E-state index contributed by atoms with van der Waals surface area (Å²) in [5.41, 5.74) is 4.72. The average Bonchev–Trinajstić information content (AvgIpc) is 3.21. The Morgan fingerprint density at radius 3 is 2.84 bits per heavy atom. The predicted octanol–water partition coefficient (Wildman–Crippen LogP) is 3.74. The van der Waals surface area contributed by atoms with Crippen LogP contribution in [0.25, 0.3) is 22.4 Å². The van der Waals surface area contributed by atoms with Gasteiger partial charge in [-0.25, -0.2) is 4.98 Å². The molecule has 0 saturated heterocycles. The Morgan fingerprint density at radius 2 is 2.11 bits per heavy atom. The van der Waals surface area contributed by atoms with E-state index in [2.05, 4.69) is 40.7 Å². The summed E-state index contributed by atoms with van der Waals surface area (Å²) in [6, 6.07) is 11.1. The lowest BCUT2D eigenvalue weighted by atomic mass is 10.2. The molecule has 1 saturated carbocycles. The van der Waals surface area contributed by atoms with Crippen molar-refractivity contribution in [2.45, 2.75) is 25.8 Å². The molecule has 0 atom stereocenters. The smallest absolute Gasteiger partial charge is 0.142 e. The van der Waals surface area contributed by atoms with Gasteiger partial charge in [-0.1, -0.05) is 6.07 Å². The van der Waals surface area contributed by atoms with E-state index in [0.29, 0.717) is 6.04 Å². The summed E-state index contributed by atoms with van der Waals surface area (Å²) in [5.74, 6) is 1.05. The van der Waals surface area contributed by atoms with Crippen LogP contribution in [0.5, 0.6) is 0 Å². The first-order valence-corrected chi connectivity index (χ1v) is 6.72. The topological polar surface area (TPSA) is 30.7 Å². The number of aromatic nitrogens is 3. The third-order valence-corrected chi connectivity index (χ3v) is 3.68. The lowest BCUT2D eigenvalue weighted by Crippen LogP contribution is -1.97. The third kappa shape index (κ3) is 1.73. The molecule has 0 unspecified atom stereocenters. The Hall–Kier alpha value is -2.16. The second-order valence-electron chi connectivity index (χ2n) is 5.27. The van der Waals surface area contributed by atoms with Crippen molar-refractivity contribution in [2.24, 2.45) is 0 Å². The summed E-state index contributed by atoms with van der Waals surface area (Å²) in [6.45, 7) is 2.13. The molecule has 0 spiro atoms. The van der Waals surface area contributed by atoms with Crippen LogP contribution in [0.2, 0.25) is 0 Å². The highest BCUT2D eigenvalue weighted by Gasteiger charge is 2.28. The zero-order valence-electron chi connectivity index (χ0n) is 10.9. The molecule has 3 nitrogen and oxygen atoms in total. The minimum absolute atomic E-state index is 0.613. The van der Waals surface area contributed by atoms with E-state index in [0.717, 1.165) is 16.9 Å². The molecule has 1 fully saturated rings. The highest BCUT2D eigenvalue weighted by molar-refractivity contribution is 5.81. The fourth-order valence-electron chi connectivity index (χ4n) is 2.60. The minimum atomic E-state index is 0.613. The normalized spacial score (nSPS) is 15.0. The monoisotopic (exact) mass is 249 g/mol. The second-order valence-corrected chi connectivity index (χ2v) is 5.27. The number of benzene rings is 1. The third-order valence-electron chi connectivity index (χ3n) is 3.68. The molecule has 0 bridgehead atoms. The number of hydrogen-bond acceptors (Lipinski definition) is 2. The molecule has 1 aliphatic rings. The van der Waals surface area contributed by atoms with E-state index < -0.39 is 0 Å². The first-order valence-electron chi connectivity index (χ1n) is 6.72. The Labute approximate surface area is 111 Å². The van der Waals surface area contributed by atoms with Crippen LogP contribution in [0.15, 0.2) is 42.7 Å². The lowest BCUT2D eigenvalue weighted by molar-refractivity contribution is 0.774. The minimum Gasteiger partial charge on any atom is -0.321 e. The fourth-order valence-corrected chi connectivity index (χ4v) is 2.60. The first kappa shape index (κ1) is 10.7. The van der Waals surface area contributed by atoms with Gasteiger partial charge in [0.15, 0.2) is 0 Å². The van der Waals surface area contributed by atoms with Crippen LogP contribution < -0.4 is 0 Å². The molecule has 4 rings (SSSR count). The highest BCUT2D eigenvalue weighted by atomic mass is 15.1. The molecule has 1 aromatic carbocycles. The van der Waals surface area contributed by atoms with Crippen molar-refractivity contribution in [2.75, 3.05) is 0 Å². The van der Waals surface area contributed by atoms with Crippen LogP contribution in [-0.2, 0) is 0 Å². The molecule has 0 N–H and O–H groups in total. The van der Waals surface area contributed by atoms with Crippen LogP contribution in [0.4, 0.5) is 0 Å². The molecule has 3 heteroatoms. The zero-order chi connectivity index (χ0) is 12.8. The van der Waals surface area contributed by atoms with Gasteiger partial charge in [-0.3, -0.25) is 4.98 Å². The van der Waals surface area contributed by atoms with Crippen molar-refractivity contribution in [3.63, 3.8) is 0 Å². The van der Waals surface area contributed by atoms with Crippen molar-refractivity contribution in [3.8, 4) is 11.4 Å². The van der Waals surface area contributed by atoms with E-state index in [9.17, 15) is 0 Å². The SMILES string of the molecule is Cc1ccc2nc(-c3cccnc3)n(C3CC3)c2c1. The van der Waals surface area contributed by atoms with Gasteiger partial charge in [-0.2, -0.15) is 0 Å². The lowest BCUT2D eigenvalue weighted by Gasteiger charge is -2.07. The zero-order valence-corrected chi connectivity index (χ0v) is 10.9. The quantitative estimate of drug-likeness (QED) is 0.692. The van der Waals surface area contributed by atoms with Crippen molar-refractivity contribution in [1.82, 2.24) is 14.5 Å². The van der Waals surface area contributed by atoms with Crippen LogP contribution in [-0.4, -0.2) is 14.5 Å². The standard InChI is InChI=1S/C16H15N3/c1-11-4-7-14-15(9-11)19(13-5-6-13)16(18-14)12-3-2-8-17-10-12/h2-4,7-10,13H,5-6H2,1H3. The number of fused-ring (bicyclic) bond motifs is 1. The van der Waals surface area contributed by atoms with E-state index in [-0.39, 0.29) is 0 Å². The molecular formula is C16H15N3. The molecule has 3 aromatic rings. The number of pyridine rings is 1. The van der Waals surface area contributed by atoms with Gasteiger partial charge in [0, 0.05) is 24.0 Å². The maximum atomic E-state index is 4.81. The number of hydrogen-bond donors (Lipinski definition) is 0. The Morgan fingerprint density at radius 1 is 1.21 bits per heavy atom. The van der Waals surface area contributed by atoms with Crippen molar-refractivity contribution >= 4 is 11.0 Å². The van der Waals surface area contributed by atoms with Crippen LogP contribution in [0.3, 0.4) is 0 Å². The van der Waals surface area contributed by atoms with Gasteiger partial charge in [0.25, 0.3) is 0 Å². The molecule has 0 amide bonds. The summed E-state index contributed by atoms with van der Waals surface area (Å²) in [7, 11) is 0. The molecule has 19 heavy (non-hydrogen) atoms. The van der Waals surface area contributed by atoms with Crippen LogP contribution in [0.1, 0.15) is 24.4 Å². The van der Waals surface area contributed by atoms with Gasteiger partial charge < -0.3 is 4.57 Å². The molecule has 0 radical (unpaired) electrons. The van der Waals surface area contributed by atoms with Crippen LogP contribution in [0, 0.1) is 6.92 Å². The van der Waals surface area contributed by atoms with Crippen molar-refractivity contribution in [3.05, 3.63) is 48.3 Å². The number of rotatable bonds is 2. The molecule has 1 aliphatic carbocycles. The largest absolute Gasteiger partial charge is 0.321 e. The van der Waals surface area contributed by atoms with Gasteiger partial charge in [0.1, 0.15) is 5.82 Å². The van der Waals surface area contributed by atoms with Gasteiger partial charge >= 0.3 is 0 Å². The fraction of sp³-hybridized carbons (Fsp3) is 0.250. The summed E-state index contributed by atoms with van der Waals surface area (Å²) >= 11 is 0. The van der Waals surface area contributed by atoms with E-state index in [1.54, 1.807) is 6.20 Å².